The van der Waals surface area contributed by atoms with E-state index in [9.17, 15) is 0 Å². The van der Waals surface area contributed by atoms with Gasteiger partial charge in [0.2, 0.25) is 0 Å². The molecule has 1 N–H and O–H groups in total. The Morgan fingerprint density at radius 1 is 1.00 bits per heavy atom. The second kappa shape index (κ2) is 3.97. The van der Waals surface area contributed by atoms with Crippen molar-refractivity contribution in [3.8, 4) is 0 Å². The van der Waals surface area contributed by atoms with E-state index in [2.05, 4.69) is 35.6 Å². The summed E-state index contributed by atoms with van der Waals surface area (Å²) in [5, 5.41) is 3.51. The van der Waals surface area contributed by atoms with Gasteiger partial charge in [-0.25, -0.2) is 0 Å². The Kier molecular flexibility index (Phi) is 2.49. The molecule has 1 heteroatoms. The molecule has 1 nitrogen and oxygen atoms in total. The molecule has 15 heavy (non-hydrogen) atoms. The molecule has 2 unspecified atom stereocenters. The minimum atomic E-state index is 0.949. The zero-order chi connectivity index (χ0) is 10.1. The van der Waals surface area contributed by atoms with Gasteiger partial charge in [0.05, 0.1) is 0 Å². The van der Waals surface area contributed by atoms with E-state index in [1.54, 1.807) is 0 Å². The third kappa shape index (κ3) is 1.93. The van der Waals surface area contributed by atoms with Crippen molar-refractivity contribution < 1.29 is 0 Å². The van der Waals surface area contributed by atoms with Gasteiger partial charge >= 0.3 is 0 Å². The fourth-order valence-electron chi connectivity index (χ4n) is 3.41. The molecule has 0 amide bonds. The van der Waals surface area contributed by atoms with Crippen LogP contribution in [-0.2, 0) is 6.42 Å². The summed E-state index contributed by atoms with van der Waals surface area (Å²) in [6.07, 6.45) is 4.20. The number of hydrogen-bond donors (Lipinski definition) is 1. The summed E-state index contributed by atoms with van der Waals surface area (Å²) < 4.78 is 0. The van der Waals surface area contributed by atoms with Gasteiger partial charge in [-0.3, -0.25) is 0 Å². The van der Waals surface area contributed by atoms with E-state index in [4.69, 9.17) is 0 Å². The first kappa shape index (κ1) is 9.41. The fraction of sp³-hybridized carbons (Fsp3) is 0.571. The Morgan fingerprint density at radius 2 is 1.67 bits per heavy atom. The highest BCUT2D eigenvalue weighted by Gasteiger charge is 2.36. The lowest BCUT2D eigenvalue weighted by Gasteiger charge is -2.10. The molecule has 1 aromatic carbocycles. The Hall–Kier alpha value is -0.820. The summed E-state index contributed by atoms with van der Waals surface area (Å²) in [4.78, 5) is 0. The molecule has 80 valence electrons. The fourth-order valence-corrected chi connectivity index (χ4v) is 3.41. The molecule has 1 aliphatic heterocycles. The van der Waals surface area contributed by atoms with E-state index < -0.39 is 0 Å². The van der Waals surface area contributed by atoms with Crippen molar-refractivity contribution in [2.75, 3.05) is 13.1 Å². The zero-order valence-corrected chi connectivity index (χ0v) is 9.15. The Balaban J connectivity index is 1.62. The predicted molar refractivity (Wildman–Crippen MR) is 62.7 cm³/mol. The quantitative estimate of drug-likeness (QED) is 0.775. The Bertz CT molecular complexity index is 307. The number of nitrogens with one attached hydrogen (secondary N) is 1. The van der Waals surface area contributed by atoms with E-state index in [1.165, 1.54) is 37.9 Å². The van der Waals surface area contributed by atoms with Gasteiger partial charge in [-0.15, -0.1) is 0 Å². The topological polar surface area (TPSA) is 12.0 Å². The van der Waals surface area contributed by atoms with Gasteiger partial charge in [-0.05, 0) is 55.7 Å². The number of benzene rings is 1. The van der Waals surface area contributed by atoms with Crippen molar-refractivity contribution in [1.82, 2.24) is 5.32 Å². The first-order valence-corrected chi connectivity index (χ1v) is 6.16. The molecule has 0 aromatic heterocycles. The summed E-state index contributed by atoms with van der Waals surface area (Å²) in [6.45, 7) is 2.55. The van der Waals surface area contributed by atoms with Gasteiger partial charge in [0, 0.05) is 0 Å². The number of fused-ring (bicyclic) bond motifs is 1. The second-order valence-corrected chi connectivity index (χ2v) is 5.21. The molecule has 3 rings (SSSR count). The standard InChI is InChI=1S/C14H19N/c1-2-4-11(5-3-1)6-12-7-13-9-15-10-14(13)8-12/h1-5,12-15H,6-10H2/t12?,13-,14?/m1/s1. The van der Waals surface area contributed by atoms with E-state index >= 15 is 0 Å². The number of hydrogen-bond acceptors (Lipinski definition) is 1. The lowest BCUT2D eigenvalue weighted by Crippen LogP contribution is -2.12. The molecule has 1 aliphatic carbocycles. The smallest absolute Gasteiger partial charge is 0.00172 e. The molecule has 0 spiro atoms. The van der Waals surface area contributed by atoms with Crippen molar-refractivity contribution in [2.45, 2.75) is 19.3 Å². The molecular weight excluding hydrogens is 182 g/mol. The molecule has 0 bridgehead atoms. The molecular formula is C14H19N. The summed E-state index contributed by atoms with van der Waals surface area (Å²) in [5.41, 5.74) is 1.52. The summed E-state index contributed by atoms with van der Waals surface area (Å²) in [6, 6.07) is 11.0. The summed E-state index contributed by atoms with van der Waals surface area (Å²) in [5.74, 6) is 2.92. The first-order valence-electron chi connectivity index (χ1n) is 6.16. The Morgan fingerprint density at radius 3 is 2.33 bits per heavy atom. The van der Waals surface area contributed by atoms with Crippen molar-refractivity contribution in [3.05, 3.63) is 35.9 Å². The van der Waals surface area contributed by atoms with Crippen molar-refractivity contribution in [1.29, 1.82) is 0 Å². The van der Waals surface area contributed by atoms with Crippen LogP contribution in [0.15, 0.2) is 30.3 Å². The van der Waals surface area contributed by atoms with Crippen LogP contribution >= 0.6 is 0 Å². The molecule has 3 atom stereocenters. The van der Waals surface area contributed by atoms with Gasteiger partial charge in [-0.1, -0.05) is 30.3 Å². The van der Waals surface area contributed by atoms with Crippen molar-refractivity contribution in [2.24, 2.45) is 17.8 Å². The lowest BCUT2D eigenvalue weighted by atomic mass is 9.96. The minimum absolute atomic E-state index is 0.949. The molecule has 1 saturated heterocycles. The number of rotatable bonds is 2. The minimum Gasteiger partial charge on any atom is -0.316 e. The van der Waals surface area contributed by atoms with Crippen molar-refractivity contribution in [3.63, 3.8) is 0 Å². The van der Waals surface area contributed by atoms with E-state index in [0.29, 0.717) is 0 Å². The van der Waals surface area contributed by atoms with Crippen LogP contribution in [-0.4, -0.2) is 13.1 Å². The van der Waals surface area contributed by atoms with Gasteiger partial charge < -0.3 is 5.32 Å². The highest BCUT2D eigenvalue weighted by Crippen LogP contribution is 2.39. The van der Waals surface area contributed by atoms with E-state index in [-0.39, 0.29) is 0 Å². The molecule has 2 aliphatic rings. The van der Waals surface area contributed by atoms with E-state index in [0.717, 1.165) is 17.8 Å². The van der Waals surface area contributed by atoms with Gasteiger partial charge in [-0.2, -0.15) is 0 Å². The average molecular weight is 201 g/mol. The first-order chi connectivity index (χ1) is 7.42. The summed E-state index contributed by atoms with van der Waals surface area (Å²) >= 11 is 0. The van der Waals surface area contributed by atoms with Crippen LogP contribution in [0.25, 0.3) is 0 Å². The largest absolute Gasteiger partial charge is 0.316 e. The maximum absolute atomic E-state index is 3.51. The predicted octanol–water partition coefficient (Wildman–Crippen LogP) is 2.47. The highest BCUT2D eigenvalue weighted by molar-refractivity contribution is 5.15. The maximum atomic E-state index is 3.51. The van der Waals surface area contributed by atoms with Crippen LogP contribution in [0.4, 0.5) is 0 Å². The van der Waals surface area contributed by atoms with Gasteiger partial charge in [0.25, 0.3) is 0 Å². The molecule has 1 heterocycles. The third-order valence-electron chi connectivity index (χ3n) is 4.12. The molecule has 0 radical (unpaired) electrons. The lowest BCUT2D eigenvalue weighted by molar-refractivity contribution is 0.490. The SMILES string of the molecule is c1ccc(CC2CC3CNC[C@H]3C2)cc1. The summed E-state index contributed by atoms with van der Waals surface area (Å²) in [7, 11) is 0. The van der Waals surface area contributed by atoms with Gasteiger partial charge in [0.1, 0.15) is 0 Å². The molecule has 1 saturated carbocycles. The van der Waals surface area contributed by atoms with Crippen LogP contribution < -0.4 is 5.32 Å². The van der Waals surface area contributed by atoms with Crippen LogP contribution in [0.3, 0.4) is 0 Å². The van der Waals surface area contributed by atoms with Gasteiger partial charge in [0.15, 0.2) is 0 Å². The monoisotopic (exact) mass is 201 g/mol. The van der Waals surface area contributed by atoms with E-state index in [1.807, 2.05) is 0 Å². The maximum Gasteiger partial charge on any atom is -0.00172 e. The van der Waals surface area contributed by atoms with Crippen LogP contribution in [0.2, 0.25) is 0 Å². The third-order valence-corrected chi connectivity index (χ3v) is 4.12. The van der Waals surface area contributed by atoms with Crippen LogP contribution in [0.5, 0.6) is 0 Å². The molecule has 1 aromatic rings. The highest BCUT2D eigenvalue weighted by atomic mass is 14.9. The zero-order valence-electron chi connectivity index (χ0n) is 9.15. The molecule has 2 fully saturated rings. The Labute approximate surface area is 91.9 Å². The van der Waals surface area contributed by atoms with Crippen LogP contribution in [0, 0.1) is 17.8 Å². The normalized spacial score (nSPS) is 34.3. The van der Waals surface area contributed by atoms with Crippen molar-refractivity contribution >= 4 is 0 Å². The second-order valence-electron chi connectivity index (χ2n) is 5.21. The van der Waals surface area contributed by atoms with Crippen LogP contribution in [0.1, 0.15) is 18.4 Å². The average Bonchev–Trinajstić information content (AvgIpc) is 2.79.